The number of hydrogen-bond donors (Lipinski definition) is 1. The molecule has 1 aromatic carbocycles. The van der Waals surface area contributed by atoms with Crippen LogP contribution in [0.1, 0.15) is 16.8 Å². The lowest BCUT2D eigenvalue weighted by Gasteiger charge is -2.09. The number of aromatic nitrogens is 2. The van der Waals surface area contributed by atoms with Crippen molar-refractivity contribution in [1.82, 2.24) is 9.97 Å². The Labute approximate surface area is 109 Å². The Kier molecular flexibility index (Phi) is 3.74. The van der Waals surface area contributed by atoms with Crippen LogP contribution in [-0.2, 0) is 6.54 Å². The van der Waals surface area contributed by atoms with Crippen LogP contribution in [0.25, 0.3) is 0 Å². The predicted molar refractivity (Wildman–Crippen MR) is 73.0 cm³/mol. The van der Waals surface area contributed by atoms with E-state index in [0.717, 1.165) is 22.5 Å². The van der Waals surface area contributed by atoms with Gasteiger partial charge >= 0.3 is 0 Å². The molecule has 0 spiro atoms. The molecule has 0 saturated carbocycles. The number of nitrogens with zero attached hydrogens (tertiary/aromatic N) is 2. The molecular weight excluding hydrogens is 278 g/mol. The topological polar surface area (TPSA) is 37.8 Å². The number of anilines is 1. The summed E-state index contributed by atoms with van der Waals surface area (Å²) >= 11 is 3.48. The third kappa shape index (κ3) is 3.27. The van der Waals surface area contributed by atoms with Gasteiger partial charge in [0, 0.05) is 22.8 Å². The number of nitrogens with one attached hydrogen (secondary N) is 1. The van der Waals surface area contributed by atoms with Crippen molar-refractivity contribution in [2.45, 2.75) is 20.4 Å². The zero-order chi connectivity index (χ0) is 12.3. The molecule has 0 aliphatic rings. The van der Waals surface area contributed by atoms with Gasteiger partial charge in [0.15, 0.2) is 0 Å². The van der Waals surface area contributed by atoms with Gasteiger partial charge < -0.3 is 5.32 Å². The smallest absolute Gasteiger partial charge is 0.129 e. The van der Waals surface area contributed by atoms with Gasteiger partial charge in [-0.15, -0.1) is 0 Å². The molecule has 0 bridgehead atoms. The fourth-order valence-corrected chi connectivity index (χ4v) is 1.98. The Hall–Kier alpha value is -1.42. The number of aryl methyl sites for hydroxylation is 2. The van der Waals surface area contributed by atoms with Crippen molar-refractivity contribution < 1.29 is 0 Å². The molecule has 0 radical (unpaired) electrons. The molecule has 1 aromatic heterocycles. The summed E-state index contributed by atoms with van der Waals surface area (Å²) in [6.07, 6.45) is 1.57. The van der Waals surface area contributed by atoms with Crippen molar-refractivity contribution in [3.8, 4) is 0 Å². The van der Waals surface area contributed by atoms with E-state index in [1.165, 1.54) is 11.1 Å². The summed E-state index contributed by atoms with van der Waals surface area (Å²) in [5.74, 6) is 0.858. The van der Waals surface area contributed by atoms with Gasteiger partial charge in [0.2, 0.25) is 0 Å². The molecule has 1 N–H and O–H groups in total. The summed E-state index contributed by atoms with van der Waals surface area (Å²) in [7, 11) is 0. The zero-order valence-corrected chi connectivity index (χ0v) is 11.5. The van der Waals surface area contributed by atoms with E-state index >= 15 is 0 Å². The van der Waals surface area contributed by atoms with E-state index in [0.29, 0.717) is 0 Å². The van der Waals surface area contributed by atoms with Crippen LogP contribution >= 0.6 is 15.9 Å². The monoisotopic (exact) mass is 291 g/mol. The van der Waals surface area contributed by atoms with Gasteiger partial charge in [-0.2, -0.15) is 0 Å². The maximum absolute atomic E-state index is 4.17. The first kappa shape index (κ1) is 12.0. The summed E-state index contributed by atoms with van der Waals surface area (Å²) in [4.78, 5) is 8.24. The summed E-state index contributed by atoms with van der Waals surface area (Å²) in [5, 5.41) is 3.30. The normalized spacial score (nSPS) is 10.3. The van der Waals surface area contributed by atoms with Gasteiger partial charge in [-0.25, -0.2) is 9.97 Å². The first-order chi connectivity index (χ1) is 8.15. The third-order valence-corrected chi connectivity index (χ3v) is 3.07. The summed E-state index contributed by atoms with van der Waals surface area (Å²) < 4.78 is 1.10. The number of rotatable bonds is 3. The summed E-state index contributed by atoms with van der Waals surface area (Å²) in [5.41, 5.74) is 3.50. The standard InChI is InChI=1S/C13H14BrN3/c1-9-3-4-12(14)6-11(9)7-15-13-5-10(2)16-8-17-13/h3-6,8H,7H2,1-2H3,(H,15,16,17). The molecule has 2 aromatic rings. The highest BCUT2D eigenvalue weighted by Gasteiger charge is 2.00. The van der Waals surface area contributed by atoms with E-state index in [2.05, 4.69) is 50.3 Å². The van der Waals surface area contributed by atoms with Crippen molar-refractivity contribution >= 4 is 21.7 Å². The van der Waals surface area contributed by atoms with E-state index in [1.54, 1.807) is 6.33 Å². The molecule has 3 nitrogen and oxygen atoms in total. The lowest BCUT2D eigenvalue weighted by Crippen LogP contribution is -2.03. The van der Waals surface area contributed by atoms with Crippen molar-refractivity contribution in [2.75, 3.05) is 5.32 Å². The van der Waals surface area contributed by atoms with Gasteiger partial charge in [-0.05, 0) is 37.1 Å². The molecule has 0 aliphatic carbocycles. The van der Waals surface area contributed by atoms with Gasteiger partial charge in [-0.1, -0.05) is 22.0 Å². The quantitative estimate of drug-likeness (QED) is 0.941. The highest BCUT2D eigenvalue weighted by atomic mass is 79.9. The largest absolute Gasteiger partial charge is 0.366 e. The average molecular weight is 292 g/mol. The van der Waals surface area contributed by atoms with Crippen molar-refractivity contribution in [2.24, 2.45) is 0 Å². The lowest BCUT2D eigenvalue weighted by atomic mass is 10.1. The van der Waals surface area contributed by atoms with Crippen LogP contribution in [0.4, 0.5) is 5.82 Å². The molecule has 2 rings (SSSR count). The fraction of sp³-hybridized carbons (Fsp3) is 0.231. The van der Waals surface area contributed by atoms with E-state index in [1.807, 2.05) is 19.1 Å². The van der Waals surface area contributed by atoms with Crippen LogP contribution in [-0.4, -0.2) is 9.97 Å². The van der Waals surface area contributed by atoms with Crippen LogP contribution in [0.2, 0.25) is 0 Å². The minimum Gasteiger partial charge on any atom is -0.366 e. The maximum Gasteiger partial charge on any atom is 0.129 e. The molecule has 0 aliphatic heterocycles. The highest BCUT2D eigenvalue weighted by molar-refractivity contribution is 9.10. The molecule has 4 heteroatoms. The zero-order valence-electron chi connectivity index (χ0n) is 9.87. The molecular formula is C13H14BrN3. The predicted octanol–water partition coefficient (Wildman–Crippen LogP) is 3.47. The molecule has 0 amide bonds. The van der Waals surface area contributed by atoms with Gasteiger partial charge in [0.1, 0.15) is 12.1 Å². The first-order valence-electron chi connectivity index (χ1n) is 5.43. The summed E-state index contributed by atoms with van der Waals surface area (Å²) in [6, 6.07) is 8.21. The van der Waals surface area contributed by atoms with Crippen molar-refractivity contribution in [3.63, 3.8) is 0 Å². The highest BCUT2D eigenvalue weighted by Crippen LogP contribution is 2.17. The molecule has 0 unspecified atom stereocenters. The van der Waals surface area contributed by atoms with E-state index in [4.69, 9.17) is 0 Å². The van der Waals surface area contributed by atoms with Crippen LogP contribution in [0.3, 0.4) is 0 Å². The number of benzene rings is 1. The van der Waals surface area contributed by atoms with Crippen molar-refractivity contribution in [1.29, 1.82) is 0 Å². The molecule has 0 saturated heterocycles. The van der Waals surface area contributed by atoms with Gasteiger partial charge in [-0.3, -0.25) is 0 Å². The maximum atomic E-state index is 4.17. The lowest BCUT2D eigenvalue weighted by molar-refractivity contribution is 1.04. The number of halogens is 1. The fourth-order valence-electron chi connectivity index (χ4n) is 1.57. The van der Waals surface area contributed by atoms with E-state index in [9.17, 15) is 0 Å². The Balaban J connectivity index is 2.09. The van der Waals surface area contributed by atoms with E-state index < -0.39 is 0 Å². The Morgan fingerprint density at radius 2 is 2.00 bits per heavy atom. The third-order valence-electron chi connectivity index (χ3n) is 2.57. The van der Waals surface area contributed by atoms with Gasteiger partial charge in [0.25, 0.3) is 0 Å². The SMILES string of the molecule is Cc1cc(NCc2cc(Br)ccc2C)ncn1. The summed E-state index contributed by atoms with van der Waals surface area (Å²) in [6.45, 7) is 4.83. The van der Waals surface area contributed by atoms with Crippen LogP contribution in [0.5, 0.6) is 0 Å². The first-order valence-corrected chi connectivity index (χ1v) is 6.22. The average Bonchev–Trinajstić information content (AvgIpc) is 2.30. The van der Waals surface area contributed by atoms with E-state index in [-0.39, 0.29) is 0 Å². The second-order valence-corrected chi connectivity index (χ2v) is 4.88. The Bertz CT molecular complexity index is 526. The molecule has 0 fully saturated rings. The van der Waals surface area contributed by atoms with Gasteiger partial charge in [0.05, 0.1) is 0 Å². The molecule has 17 heavy (non-hydrogen) atoms. The number of hydrogen-bond acceptors (Lipinski definition) is 3. The second-order valence-electron chi connectivity index (χ2n) is 3.97. The second kappa shape index (κ2) is 5.27. The van der Waals surface area contributed by atoms with Crippen LogP contribution in [0, 0.1) is 13.8 Å². The minimum absolute atomic E-state index is 0.766. The van der Waals surface area contributed by atoms with Crippen molar-refractivity contribution in [3.05, 3.63) is 51.9 Å². The Morgan fingerprint density at radius 1 is 1.18 bits per heavy atom. The Morgan fingerprint density at radius 3 is 2.76 bits per heavy atom. The van der Waals surface area contributed by atoms with Crippen LogP contribution in [0.15, 0.2) is 35.1 Å². The molecule has 1 heterocycles. The molecule has 88 valence electrons. The molecule has 0 atom stereocenters. The minimum atomic E-state index is 0.766. The van der Waals surface area contributed by atoms with Crippen LogP contribution < -0.4 is 5.32 Å².